The molecule has 0 saturated heterocycles. The molecule has 0 spiro atoms. The molecule has 7 nitrogen and oxygen atoms in total. The van der Waals surface area contributed by atoms with E-state index in [2.05, 4.69) is 29.9 Å². The number of pyridine rings is 1. The number of benzene rings is 2. The molecule has 0 atom stereocenters. The van der Waals surface area contributed by atoms with Crippen molar-refractivity contribution in [2.45, 2.75) is 6.54 Å². The first-order chi connectivity index (χ1) is 14.6. The van der Waals surface area contributed by atoms with Crippen molar-refractivity contribution >= 4 is 57.0 Å². The number of H-pyrrole nitrogens is 1. The van der Waals surface area contributed by atoms with Crippen LogP contribution < -0.4 is 14.3 Å². The molecule has 3 N–H and O–H groups in total. The number of fused-ring (bicyclic) bond motifs is 1. The molecule has 2 heterocycles. The highest BCUT2D eigenvalue weighted by Gasteiger charge is 2.17. The number of aromatic nitrogens is 3. The minimum atomic E-state index is -0.180. The summed E-state index contributed by atoms with van der Waals surface area (Å²) in [7, 11) is 0. The van der Waals surface area contributed by atoms with E-state index in [4.69, 9.17) is 11.6 Å². The zero-order valence-corrected chi connectivity index (χ0v) is 18.3. The van der Waals surface area contributed by atoms with Gasteiger partial charge in [-0.1, -0.05) is 48.0 Å². The smallest absolute Gasteiger partial charge is 0.196 e. The summed E-state index contributed by atoms with van der Waals surface area (Å²) in [5.41, 5.74) is 2.79. The number of rotatable bonds is 5. The van der Waals surface area contributed by atoms with Gasteiger partial charge in [-0.15, -0.1) is 0 Å². The maximum atomic E-state index is 13.4. The lowest BCUT2D eigenvalue weighted by Gasteiger charge is -2.14. The van der Waals surface area contributed by atoms with Gasteiger partial charge in [0, 0.05) is 12.1 Å². The molecule has 4 aromatic rings. The Labute approximate surface area is 190 Å². The number of nitrogens with zero attached hydrogens (tertiary/aromatic N) is 3. The number of nitriles is 1. The Bertz CT molecular complexity index is 1330. The van der Waals surface area contributed by atoms with Crippen LogP contribution in [0.5, 0.6) is 0 Å². The van der Waals surface area contributed by atoms with Crippen LogP contribution in [0, 0.1) is 11.3 Å². The number of hydrogen-bond donors (Lipinski definition) is 3. The molecule has 0 bridgehead atoms. The van der Waals surface area contributed by atoms with Gasteiger partial charge < -0.3 is 13.8 Å². The topological polar surface area (TPSA) is 106 Å². The van der Waals surface area contributed by atoms with Gasteiger partial charge in [-0.2, -0.15) is 5.26 Å². The third-order valence-electron chi connectivity index (χ3n) is 4.62. The maximum Gasteiger partial charge on any atom is 0.196 e. The molecule has 0 fully saturated rings. The van der Waals surface area contributed by atoms with Crippen molar-refractivity contribution < 1.29 is 0 Å². The highest BCUT2D eigenvalue weighted by atomic mass is 127. The van der Waals surface area contributed by atoms with E-state index in [9.17, 15) is 10.1 Å². The first-order valence-electron chi connectivity index (χ1n) is 8.88. The van der Waals surface area contributed by atoms with Gasteiger partial charge in [0.2, 0.25) is 0 Å². The predicted molar refractivity (Wildman–Crippen MR) is 127 cm³/mol. The highest BCUT2D eigenvalue weighted by Crippen LogP contribution is 2.27. The minimum absolute atomic E-state index is 0.146. The number of anilines is 2. The van der Waals surface area contributed by atoms with E-state index in [0.29, 0.717) is 38.8 Å². The fourth-order valence-electron chi connectivity index (χ4n) is 3.22. The van der Waals surface area contributed by atoms with Gasteiger partial charge in [0.25, 0.3) is 0 Å². The molecule has 0 aliphatic rings. The molecule has 0 amide bonds. The number of nitrogens with one attached hydrogen (secondary N) is 3. The van der Waals surface area contributed by atoms with Crippen molar-refractivity contribution in [3.63, 3.8) is 0 Å². The van der Waals surface area contributed by atoms with E-state index in [1.807, 2.05) is 59.3 Å². The zero-order chi connectivity index (χ0) is 21.1. The van der Waals surface area contributed by atoms with Crippen molar-refractivity contribution in [2.24, 2.45) is 0 Å². The summed E-state index contributed by atoms with van der Waals surface area (Å²) in [6, 6.07) is 17.0. The van der Waals surface area contributed by atoms with E-state index in [1.54, 1.807) is 12.1 Å². The molecule has 148 valence electrons. The number of aromatic amines is 1. The van der Waals surface area contributed by atoms with Crippen LogP contribution in [0.25, 0.3) is 22.2 Å². The summed E-state index contributed by atoms with van der Waals surface area (Å²) in [5, 5.41) is 13.4. The van der Waals surface area contributed by atoms with Crippen LogP contribution >= 0.6 is 34.5 Å². The summed E-state index contributed by atoms with van der Waals surface area (Å²) in [5.74, 6) is 0.735. The molecule has 0 unspecified atom stereocenters. The van der Waals surface area contributed by atoms with Crippen molar-refractivity contribution in [1.82, 2.24) is 15.0 Å². The lowest BCUT2D eigenvalue weighted by molar-refractivity contribution is 1.06. The molecule has 0 saturated carbocycles. The molecular formula is C21H14ClIN6O. The summed E-state index contributed by atoms with van der Waals surface area (Å²) in [4.78, 5) is 24.9. The summed E-state index contributed by atoms with van der Waals surface area (Å²) < 4.78 is 2.84. The summed E-state index contributed by atoms with van der Waals surface area (Å²) >= 11 is 8.23. The molecule has 4 rings (SSSR count). The van der Waals surface area contributed by atoms with Gasteiger partial charge in [-0.05, 0) is 17.7 Å². The van der Waals surface area contributed by atoms with Crippen LogP contribution in [0.3, 0.4) is 0 Å². The predicted octanol–water partition coefficient (Wildman–Crippen LogP) is 4.88. The maximum absolute atomic E-state index is 13.4. The molecular weight excluding hydrogens is 515 g/mol. The number of hydrogen-bond acceptors (Lipinski definition) is 6. The molecule has 0 aliphatic carbocycles. The highest BCUT2D eigenvalue weighted by molar-refractivity contribution is 14.1. The first kappa shape index (κ1) is 20.1. The van der Waals surface area contributed by atoms with E-state index in [0.717, 1.165) is 5.56 Å². The van der Waals surface area contributed by atoms with Crippen LogP contribution in [0.2, 0.25) is 5.02 Å². The van der Waals surface area contributed by atoms with Crippen LogP contribution in [-0.2, 0) is 6.54 Å². The van der Waals surface area contributed by atoms with Gasteiger partial charge in [-0.3, -0.25) is 4.79 Å². The van der Waals surface area contributed by atoms with E-state index >= 15 is 0 Å². The lowest BCUT2D eigenvalue weighted by atomic mass is 10.0. The van der Waals surface area contributed by atoms with Crippen LogP contribution in [0.1, 0.15) is 11.1 Å². The van der Waals surface area contributed by atoms with Crippen molar-refractivity contribution in [3.8, 4) is 17.3 Å². The first-order valence-corrected chi connectivity index (χ1v) is 10.3. The average Bonchev–Trinajstić information content (AvgIpc) is 2.78. The monoisotopic (exact) mass is 528 g/mol. The average molecular weight is 529 g/mol. The molecule has 30 heavy (non-hydrogen) atoms. The van der Waals surface area contributed by atoms with Crippen LogP contribution in [-0.4, -0.2) is 15.0 Å². The van der Waals surface area contributed by atoms with Crippen LogP contribution in [0.15, 0.2) is 59.7 Å². The van der Waals surface area contributed by atoms with Crippen molar-refractivity contribution in [2.75, 3.05) is 8.85 Å². The fraction of sp³-hybridized carbons (Fsp3) is 0.0476. The molecule has 2 aromatic heterocycles. The van der Waals surface area contributed by atoms with Gasteiger partial charge in [0.1, 0.15) is 23.8 Å². The second-order valence-electron chi connectivity index (χ2n) is 6.34. The van der Waals surface area contributed by atoms with Gasteiger partial charge >= 0.3 is 0 Å². The second-order valence-corrected chi connectivity index (χ2v) is 7.29. The van der Waals surface area contributed by atoms with Crippen molar-refractivity contribution in [3.05, 3.63) is 81.2 Å². The summed E-state index contributed by atoms with van der Waals surface area (Å²) in [6.07, 6.45) is 1.35. The largest absolute Gasteiger partial charge is 0.364 e. The summed E-state index contributed by atoms with van der Waals surface area (Å²) in [6.45, 7) is 0.146. The van der Waals surface area contributed by atoms with E-state index < -0.39 is 0 Å². The van der Waals surface area contributed by atoms with Gasteiger partial charge in [0.05, 0.1) is 44.5 Å². The Hall–Kier alpha value is -3.16. The van der Waals surface area contributed by atoms with Crippen LogP contribution in [0.4, 0.5) is 11.6 Å². The van der Waals surface area contributed by atoms with Crippen molar-refractivity contribution in [1.29, 1.82) is 5.26 Å². The van der Waals surface area contributed by atoms with E-state index in [1.165, 1.54) is 6.33 Å². The third kappa shape index (κ3) is 3.69. The van der Waals surface area contributed by atoms with Gasteiger partial charge in [0.15, 0.2) is 11.2 Å². The molecule has 0 radical (unpaired) electrons. The third-order valence-corrected chi connectivity index (χ3v) is 5.45. The second kappa shape index (κ2) is 8.69. The van der Waals surface area contributed by atoms with E-state index in [-0.39, 0.29) is 17.5 Å². The Morgan fingerprint density at radius 3 is 2.60 bits per heavy atom. The SMILES string of the molecule is N#Cc1c(NI)ncnc1NCc1c(-c2ccccc2)[nH]c2cccc(Cl)c2c1=O. The fourth-order valence-corrected chi connectivity index (χ4v) is 3.89. The normalized spacial score (nSPS) is 10.6. The Balaban J connectivity index is 1.86. The minimum Gasteiger partial charge on any atom is -0.364 e. The molecule has 9 heteroatoms. The zero-order valence-electron chi connectivity index (χ0n) is 15.4. The quantitative estimate of drug-likeness (QED) is 0.252. The standard InChI is InChI=1S/C21H14ClIN6O/c22-15-7-4-8-16-17(15)19(30)14(18(28-16)12-5-2-1-3-6-12)10-25-20-13(9-24)21(29-23)27-11-26-20/h1-8,11H,10H2,(H,28,30)(H2,25,26,27,29). The Morgan fingerprint density at radius 2 is 1.87 bits per heavy atom. The molecule has 2 aromatic carbocycles. The Morgan fingerprint density at radius 1 is 1.10 bits per heavy atom. The molecule has 0 aliphatic heterocycles. The number of halogens is 2. The Kier molecular flexibility index (Phi) is 5.83. The lowest BCUT2D eigenvalue weighted by Crippen LogP contribution is -2.18. The van der Waals surface area contributed by atoms with Gasteiger partial charge in [-0.25, -0.2) is 9.97 Å².